The molecular weight excluding hydrogens is 292 g/mol. The molecule has 0 aromatic heterocycles. The molecule has 122 valence electrons. The number of methoxy groups -OCH3 is 1. The first-order valence-electron chi connectivity index (χ1n) is 7.64. The summed E-state index contributed by atoms with van der Waals surface area (Å²) in [6.45, 7) is 4.44. The normalized spacial score (nSPS) is 11.8. The highest BCUT2D eigenvalue weighted by Gasteiger charge is 2.24. The number of benzene rings is 2. The van der Waals surface area contributed by atoms with Crippen LogP contribution in [0.25, 0.3) is 0 Å². The fraction of sp³-hybridized carbons (Fsp3) is 0.316. The molecular formula is C19H22O4. The van der Waals surface area contributed by atoms with Crippen molar-refractivity contribution in [1.29, 1.82) is 0 Å². The van der Waals surface area contributed by atoms with E-state index in [1.54, 1.807) is 7.11 Å². The molecule has 4 nitrogen and oxygen atoms in total. The lowest BCUT2D eigenvalue weighted by atomic mass is 9.90. The molecule has 0 saturated carbocycles. The molecule has 0 radical (unpaired) electrons. The molecule has 2 rings (SSSR count). The number of hydrogen-bond acceptors (Lipinski definition) is 3. The predicted octanol–water partition coefficient (Wildman–Crippen LogP) is 3.81. The average Bonchev–Trinajstić information content (AvgIpc) is 2.53. The summed E-state index contributed by atoms with van der Waals surface area (Å²) in [6.07, 6.45) is 0.385. The van der Waals surface area contributed by atoms with E-state index in [9.17, 15) is 9.90 Å². The molecule has 0 aliphatic carbocycles. The summed E-state index contributed by atoms with van der Waals surface area (Å²) in [5, 5.41) is 9.68. The largest absolute Gasteiger partial charge is 0.496 e. The second-order valence-electron chi connectivity index (χ2n) is 5.42. The van der Waals surface area contributed by atoms with Crippen LogP contribution in [-0.4, -0.2) is 24.8 Å². The molecule has 1 N–H and O–H groups in total. The van der Waals surface area contributed by atoms with Crippen molar-refractivity contribution in [3.8, 4) is 11.5 Å². The molecule has 1 unspecified atom stereocenters. The first kappa shape index (κ1) is 16.9. The van der Waals surface area contributed by atoms with E-state index in [1.807, 2.05) is 56.3 Å². The molecule has 0 bridgehead atoms. The monoisotopic (exact) mass is 314 g/mol. The van der Waals surface area contributed by atoms with Crippen LogP contribution in [0.15, 0.2) is 42.5 Å². The third kappa shape index (κ3) is 4.25. The van der Waals surface area contributed by atoms with Gasteiger partial charge in [-0.2, -0.15) is 0 Å². The molecule has 2 aromatic rings. The van der Waals surface area contributed by atoms with Crippen LogP contribution >= 0.6 is 0 Å². The van der Waals surface area contributed by atoms with E-state index in [0.717, 1.165) is 16.9 Å². The molecule has 0 spiro atoms. The number of carbonyl (C=O) groups is 1. The summed E-state index contributed by atoms with van der Waals surface area (Å²) in [5.74, 6) is -0.174. The molecule has 2 aromatic carbocycles. The maximum Gasteiger partial charge on any atom is 0.311 e. The van der Waals surface area contributed by atoms with Crippen molar-refractivity contribution in [2.24, 2.45) is 0 Å². The first-order valence-corrected chi connectivity index (χ1v) is 7.64. The number of aliphatic carboxylic acids is 1. The van der Waals surface area contributed by atoms with Crippen molar-refractivity contribution < 1.29 is 19.4 Å². The number of carboxylic acid groups (broad SMARTS) is 1. The van der Waals surface area contributed by atoms with Gasteiger partial charge in [0.15, 0.2) is 0 Å². The lowest BCUT2D eigenvalue weighted by Crippen LogP contribution is -2.15. The summed E-state index contributed by atoms with van der Waals surface area (Å²) in [4.78, 5) is 11.8. The zero-order valence-corrected chi connectivity index (χ0v) is 13.7. The van der Waals surface area contributed by atoms with Gasteiger partial charge in [0.05, 0.1) is 19.6 Å². The zero-order valence-electron chi connectivity index (χ0n) is 13.7. The fourth-order valence-corrected chi connectivity index (χ4v) is 2.62. The molecule has 0 aliphatic rings. The highest BCUT2D eigenvalue weighted by Crippen LogP contribution is 2.31. The van der Waals surface area contributed by atoms with Gasteiger partial charge in [-0.05, 0) is 44.0 Å². The van der Waals surface area contributed by atoms with Crippen molar-refractivity contribution in [2.75, 3.05) is 13.7 Å². The third-order valence-electron chi connectivity index (χ3n) is 3.71. The van der Waals surface area contributed by atoms with Crippen LogP contribution in [0.2, 0.25) is 0 Å². The van der Waals surface area contributed by atoms with Gasteiger partial charge in [0.25, 0.3) is 0 Å². The minimum atomic E-state index is -0.865. The fourth-order valence-electron chi connectivity index (χ4n) is 2.62. The molecule has 1 atom stereocenters. The number of carboxylic acids is 1. The van der Waals surface area contributed by atoms with Crippen molar-refractivity contribution in [1.82, 2.24) is 0 Å². The number of aryl methyl sites for hydroxylation is 1. The van der Waals surface area contributed by atoms with Crippen LogP contribution in [0.4, 0.5) is 0 Å². The highest BCUT2D eigenvalue weighted by atomic mass is 16.5. The first-order chi connectivity index (χ1) is 11.0. The summed E-state index contributed by atoms with van der Waals surface area (Å²) in [5.41, 5.74) is 2.63. The van der Waals surface area contributed by atoms with E-state index in [2.05, 4.69) is 0 Å². The van der Waals surface area contributed by atoms with Gasteiger partial charge in [0.2, 0.25) is 0 Å². The minimum Gasteiger partial charge on any atom is -0.496 e. The highest BCUT2D eigenvalue weighted by molar-refractivity contribution is 5.78. The Bertz CT molecular complexity index is 679. The van der Waals surface area contributed by atoms with Gasteiger partial charge in [-0.25, -0.2) is 0 Å². The van der Waals surface area contributed by atoms with Crippen molar-refractivity contribution in [3.63, 3.8) is 0 Å². The van der Waals surface area contributed by atoms with E-state index in [0.29, 0.717) is 24.3 Å². The van der Waals surface area contributed by atoms with E-state index in [1.165, 1.54) is 0 Å². The second-order valence-corrected chi connectivity index (χ2v) is 5.42. The van der Waals surface area contributed by atoms with Gasteiger partial charge in [-0.1, -0.05) is 29.8 Å². The van der Waals surface area contributed by atoms with Crippen molar-refractivity contribution in [2.45, 2.75) is 26.2 Å². The maximum absolute atomic E-state index is 11.8. The molecule has 23 heavy (non-hydrogen) atoms. The topological polar surface area (TPSA) is 55.8 Å². The predicted molar refractivity (Wildman–Crippen MR) is 89.4 cm³/mol. The van der Waals surface area contributed by atoms with Gasteiger partial charge < -0.3 is 14.6 Å². The number of hydrogen-bond donors (Lipinski definition) is 1. The van der Waals surface area contributed by atoms with Crippen LogP contribution in [0.5, 0.6) is 11.5 Å². The van der Waals surface area contributed by atoms with Crippen LogP contribution in [0.3, 0.4) is 0 Å². The van der Waals surface area contributed by atoms with Gasteiger partial charge in [0.1, 0.15) is 11.5 Å². The Balaban J connectivity index is 2.35. The summed E-state index contributed by atoms with van der Waals surface area (Å²) < 4.78 is 10.8. The number of ether oxygens (including phenoxy) is 2. The number of rotatable bonds is 7. The Morgan fingerprint density at radius 2 is 2.00 bits per heavy atom. The summed E-state index contributed by atoms with van der Waals surface area (Å²) in [7, 11) is 1.56. The van der Waals surface area contributed by atoms with Gasteiger partial charge >= 0.3 is 5.97 Å². The van der Waals surface area contributed by atoms with Crippen LogP contribution in [0, 0.1) is 6.92 Å². The van der Waals surface area contributed by atoms with Crippen LogP contribution < -0.4 is 9.47 Å². The Hall–Kier alpha value is -2.49. The quantitative estimate of drug-likeness (QED) is 0.844. The van der Waals surface area contributed by atoms with Crippen LogP contribution in [-0.2, 0) is 11.2 Å². The van der Waals surface area contributed by atoms with Crippen molar-refractivity contribution in [3.05, 3.63) is 59.2 Å². The zero-order chi connectivity index (χ0) is 16.8. The molecule has 0 heterocycles. The Labute approximate surface area is 136 Å². The molecule has 4 heteroatoms. The Morgan fingerprint density at radius 1 is 1.22 bits per heavy atom. The second kappa shape index (κ2) is 7.68. The summed E-state index contributed by atoms with van der Waals surface area (Å²) >= 11 is 0. The Kier molecular flexibility index (Phi) is 5.63. The molecule has 0 aliphatic heterocycles. The van der Waals surface area contributed by atoms with Gasteiger partial charge in [-0.3, -0.25) is 4.79 Å². The lowest BCUT2D eigenvalue weighted by Gasteiger charge is -2.17. The third-order valence-corrected chi connectivity index (χ3v) is 3.71. The lowest BCUT2D eigenvalue weighted by molar-refractivity contribution is -0.138. The molecule has 0 fully saturated rings. The Morgan fingerprint density at radius 3 is 2.65 bits per heavy atom. The van der Waals surface area contributed by atoms with Crippen LogP contribution in [0.1, 0.15) is 29.5 Å². The smallest absolute Gasteiger partial charge is 0.311 e. The molecule has 0 saturated heterocycles. The minimum absolute atomic E-state index is 0.385. The summed E-state index contributed by atoms with van der Waals surface area (Å²) in [6, 6.07) is 13.2. The van der Waals surface area contributed by atoms with Gasteiger partial charge in [-0.15, -0.1) is 0 Å². The molecule has 0 amide bonds. The SMILES string of the molecule is CCOc1cccc(CC(C(=O)O)c2cc(C)ccc2OC)c1. The van der Waals surface area contributed by atoms with E-state index in [4.69, 9.17) is 9.47 Å². The van der Waals surface area contributed by atoms with E-state index in [-0.39, 0.29) is 0 Å². The van der Waals surface area contributed by atoms with Crippen molar-refractivity contribution >= 4 is 5.97 Å². The van der Waals surface area contributed by atoms with E-state index < -0.39 is 11.9 Å². The average molecular weight is 314 g/mol. The van der Waals surface area contributed by atoms with E-state index >= 15 is 0 Å². The standard InChI is InChI=1S/C19H22O4/c1-4-23-15-7-5-6-14(11-15)12-17(19(20)21)16-10-13(2)8-9-18(16)22-3/h5-11,17H,4,12H2,1-3H3,(H,20,21). The maximum atomic E-state index is 11.8. The van der Waals surface area contributed by atoms with Gasteiger partial charge in [0, 0.05) is 5.56 Å².